The normalized spacial score (nSPS) is 11.6. The first kappa shape index (κ1) is 24.3. The zero-order chi connectivity index (χ0) is 24.3. The second-order valence-electron chi connectivity index (χ2n) is 7.04. The number of carbonyl (C=O) groups is 1. The van der Waals surface area contributed by atoms with Gasteiger partial charge < -0.3 is 5.32 Å². The summed E-state index contributed by atoms with van der Waals surface area (Å²) in [5.74, 6) is -11.9. The van der Waals surface area contributed by atoms with Gasteiger partial charge in [-0.05, 0) is 29.8 Å². The monoisotopic (exact) mass is 484 g/mol. The Balaban J connectivity index is 1.71. The smallest absolute Gasteiger partial charge is 0.243 e. The topological polar surface area (TPSA) is 66.5 Å². The molecule has 11 heteroatoms. The summed E-state index contributed by atoms with van der Waals surface area (Å²) < 4.78 is 93.8. The number of halogens is 5. The van der Waals surface area contributed by atoms with Gasteiger partial charge in [-0.25, -0.2) is 30.4 Å². The van der Waals surface area contributed by atoms with Crippen molar-refractivity contribution in [3.8, 4) is 0 Å². The lowest BCUT2D eigenvalue weighted by Gasteiger charge is -2.17. The number of hydrogen-bond donors (Lipinski definition) is 1. The molecule has 0 heterocycles. The van der Waals surface area contributed by atoms with E-state index in [2.05, 4.69) is 5.32 Å². The molecule has 0 fully saturated rings. The van der Waals surface area contributed by atoms with Crippen LogP contribution in [0.4, 0.5) is 27.6 Å². The number of benzene rings is 3. The van der Waals surface area contributed by atoms with Crippen molar-refractivity contribution >= 4 is 21.6 Å². The van der Waals surface area contributed by atoms with Crippen molar-refractivity contribution in [1.82, 2.24) is 4.31 Å². The van der Waals surface area contributed by atoms with Gasteiger partial charge in [0.1, 0.15) is 0 Å². The summed E-state index contributed by atoms with van der Waals surface area (Å²) in [6.45, 7) is 0.129. The van der Waals surface area contributed by atoms with Gasteiger partial charge in [-0.2, -0.15) is 4.31 Å². The predicted octanol–water partition coefficient (Wildman–Crippen LogP) is 4.38. The molecule has 0 aliphatic rings. The van der Waals surface area contributed by atoms with Gasteiger partial charge in [0.15, 0.2) is 23.3 Å². The van der Waals surface area contributed by atoms with E-state index in [-0.39, 0.29) is 17.1 Å². The lowest BCUT2D eigenvalue weighted by atomic mass is 10.1. The Morgan fingerprint density at radius 2 is 1.33 bits per heavy atom. The second kappa shape index (κ2) is 9.67. The molecule has 0 aliphatic carbocycles. The fourth-order valence-electron chi connectivity index (χ4n) is 2.99. The van der Waals surface area contributed by atoms with E-state index in [0.29, 0.717) is 0 Å². The molecule has 1 amide bonds. The Labute approximate surface area is 186 Å². The van der Waals surface area contributed by atoms with E-state index in [1.54, 1.807) is 30.3 Å². The van der Waals surface area contributed by atoms with Crippen molar-refractivity contribution in [2.75, 3.05) is 12.4 Å². The number of hydrogen-bond acceptors (Lipinski definition) is 3. The van der Waals surface area contributed by atoms with Crippen molar-refractivity contribution in [3.05, 3.63) is 94.8 Å². The molecule has 3 rings (SSSR count). The van der Waals surface area contributed by atoms with Gasteiger partial charge >= 0.3 is 0 Å². The van der Waals surface area contributed by atoms with Crippen LogP contribution in [0.25, 0.3) is 0 Å². The van der Waals surface area contributed by atoms with Gasteiger partial charge in [-0.15, -0.1) is 0 Å². The molecule has 3 aromatic rings. The SMILES string of the molecule is CN(Cc1ccccc1)S(=O)(=O)c1ccc(NC(=O)Cc2c(F)c(F)c(F)c(F)c2F)cc1. The van der Waals surface area contributed by atoms with Crippen LogP contribution in [0.5, 0.6) is 0 Å². The largest absolute Gasteiger partial charge is 0.326 e. The highest BCUT2D eigenvalue weighted by atomic mass is 32.2. The summed E-state index contributed by atoms with van der Waals surface area (Å²) in [4.78, 5) is 12.0. The van der Waals surface area contributed by atoms with Crippen molar-refractivity contribution in [2.24, 2.45) is 0 Å². The molecule has 0 bridgehead atoms. The molecule has 0 saturated carbocycles. The molecule has 174 valence electrons. The molecular formula is C22H17F5N2O3S. The van der Waals surface area contributed by atoms with E-state index < -0.39 is 57.0 Å². The lowest BCUT2D eigenvalue weighted by Crippen LogP contribution is -2.26. The third-order valence-electron chi connectivity index (χ3n) is 4.73. The van der Waals surface area contributed by atoms with Crippen LogP contribution in [0.1, 0.15) is 11.1 Å². The fourth-order valence-corrected chi connectivity index (χ4v) is 4.15. The number of rotatable bonds is 7. The maximum Gasteiger partial charge on any atom is 0.243 e. The van der Waals surface area contributed by atoms with Crippen LogP contribution in [0.15, 0.2) is 59.5 Å². The number of carbonyl (C=O) groups excluding carboxylic acids is 1. The van der Waals surface area contributed by atoms with Crippen LogP contribution >= 0.6 is 0 Å². The first-order valence-corrected chi connectivity index (χ1v) is 10.9. The molecule has 0 aliphatic heterocycles. The molecular weight excluding hydrogens is 467 g/mol. The highest BCUT2D eigenvalue weighted by Crippen LogP contribution is 2.24. The van der Waals surface area contributed by atoms with Crippen molar-refractivity contribution < 1.29 is 35.2 Å². The van der Waals surface area contributed by atoms with Gasteiger partial charge in [0.2, 0.25) is 21.7 Å². The fraction of sp³-hybridized carbons (Fsp3) is 0.136. The zero-order valence-corrected chi connectivity index (χ0v) is 17.9. The van der Waals surface area contributed by atoms with Crippen LogP contribution in [-0.4, -0.2) is 25.7 Å². The van der Waals surface area contributed by atoms with E-state index in [1.807, 2.05) is 0 Å². The van der Waals surface area contributed by atoms with Gasteiger partial charge in [0.05, 0.1) is 11.3 Å². The Morgan fingerprint density at radius 1 is 0.818 bits per heavy atom. The third kappa shape index (κ3) is 5.20. The van der Waals surface area contributed by atoms with E-state index in [9.17, 15) is 35.2 Å². The molecule has 33 heavy (non-hydrogen) atoms. The third-order valence-corrected chi connectivity index (χ3v) is 6.55. The molecule has 1 N–H and O–H groups in total. The van der Waals surface area contributed by atoms with Crippen molar-refractivity contribution in [1.29, 1.82) is 0 Å². The predicted molar refractivity (Wildman–Crippen MR) is 110 cm³/mol. The minimum Gasteiger partial charge on any atom is -0.326 e. The molecule has 0 atom stereocenters. The summed E-state index contributed by atoms with van der Waals surface area (Å²) in [7, 11) is -2.45. The van der Waals surface area contributed by atoms with Gasteiger partial charge in [-0.3, -0.25) is 4.79 Å². The maximum absolute atomic E-state index is 13.7. The van der Waals surface area contributed by atoms with Crippen molar-refractivity contribution in [2.45, 2.75) is 17.9 Å². The average molecular weight is 484 g/mol. The Kier molecular flexibility index (Phi) is 7.13. The van der Waals surface area contributed by atoms with Gasteiger partial charge in [-0.1, -0.05) is 30.3 Å². The van der Waals surface area contributed by atoms with Gasteiger partial charge in [0, 0.05) is 24.8 Å². The first-order valence-electron chi connectivity index (χ1n) is 9.43. The standard InChI is InChI=1S/C22H17F5N2O3S/c1-29(12-13-5-3-2-4-6-13)33(31,32)15-9-7-14(8-10-15)28-17(30)11-16-18(23)20(25)22(27)21(26)19(16)24/h2-10H,11-12H2,1H3,(H,28,30). The van der Waals surface area contributed by atoms with E-state index in [1.165, 1.54) is 31.3 Å². The average Bonchev–Trinajstić information content (AvgIpc) is 2.80. The first-order chi connectivity index (χ1) is 15.5. The Hall–Kier alpha value is -3.31. The highest BCUT2D eigenvalue weighted by molar-refractivity contribution is 7.89. The summed E-state index contributed by atoms with van der Waals surface area (Å²) in [5, 5.41) is 2.23. The molecule has 3 aromatic carbocycles. The molecule has 0 radical (unpaired) electrons. The number of sulfonamides is 1. The summed E-state index contributed by atoms with van der Waals surface area (Å²) >= 11 is 0. The molecule has 5 nitrogen and oxygen atoms in total. The minimum atomic E-state index is -3.85. The maximum atomic E-state index is 13.7. The van der Waals surface area contributed by atoms with Crippen LogP contribution < -0.4 is 5.32 Å². The molecule has 0 spiro atoms. The van der Waals surface area contributed by atoms with E-state index >= 15 is 0 Å². The van der Waals surface area contributed by atoms with Crippen LogP contribution in [-0.2, 0) is 27.8 Å². The Morgan fingerprint density at radius 3 is 1.88 bits per heavy atom. The minimum absolute atomic E-state index is 0.0635. The molecule has 0 aromatic heterocycles. The number of nitrogens with zero attached hydrogens (tertiary/aromatic N) is 1. The zero-order valence-electron chi connectivity index (χ0n) is 17.1. The Bertz CT molecular complexity index is 1250. The lowest BCUT2D eigenvalue weighted by molar-refractivity contribution is -0.115. The van der Waals surface area contributed by atoms with Crippen molar-refractivity contribution in [3.63, 3.8) is 0 Å². The quantitative estimate of drug-likeness (QED) is 0.308. The number of amides is 1. The summed E-state index contributed by atoms with van der Waals surface area (Å²) in [6, 6.07) is 13.8. The second-order valence-corrected chi connectivity index (χ2v) is 9.09. The van der Waals surface area contributed by atoms with Crippen LogP contribution in [0, 0.1) is 29.1 Å². The van der Waals surface area contributed by atoms with E-state index in [0.717, 1.165) is 9.87 Å². The number of nitrogens with one attached hydrogen (secondary N) is 1. The molecule has 0 saturated heterocycles. The van der Waals surface area contributed by atoms with E-state index in [4.69, 9.17) is 0 Å². The van der Waals surface area contributed by atoms with Crippen LogP contribution in [0.2, 0.25) is 0 Å². The molecule has 0 unspecified atom stereocenters. The number of anilines is 1. The van der Waals surface area contributed by atoms with Crippen LogP contribution in [0.3, 0.4) is 0 Å². The summed E-state index contributed by atoms with van der Waals surface area (Å²) in [5.41, 5.74) is -0.431. The van der Waals surface area contributed by atoms with Gasteiger partial charge in [0.25, 0.3) is 0 Å². The summed E-state index contributed by atoms with van der Waals surface area (Å²) in [6.07, 6.45) is -1.12. The highest BCUT2D eigenvalue weighted by Gasteiger charge is 2.27.